The van der Waals surface area contributed by atoms with Gasteiger partial charge in [0.05, 0.1) is 0 Å². The maximum Gasteiger partial charge on any atom is 1.00 e. The molecule has 0 spiro atoms. The molecule has 0 amide bonds. The maximum atomic E-state index is 8.70. The minimum Gasteiger partial charge on any atom is -1.00 e. The van der Waals surface area contributed by atoms with E-state index in [0.717, 1.165) is 0 Å². The van der Waals surface area contributed by atoms with E-state index in [1.807, 2.05) is 0 Å². The molecule has 0 fully saturated rings. The molecular formula is H15NaO9P+. The molecule has 0 radical (unpaired) electrons. The summed E-state index contributed by atoms with van der Waals surface area (Å²) in [5.74, 6) is 0. The van der Waals surface area contributed by atoms with Gasteiger partial charge in [-0.2, -0.15) is 0 Å². The molecule has 0 unspecified atom stereocenters. The third-order valence-electron chi connectivity index (χ3n) is 0. The first kappa shape index (κ1) is 95.8. The Morgan fingerprint density at radius 3 is 0.818 bits per heavy atom. The fourth-order valence-corrected chi connectivity index (χ4v) is 0. The summed E-state index contributed by atoms with van der Waals surface area (Å²) < 4.78 is 8.70. The molecule has 0 rings (SSSR count). The summed E-state index contributed by atoms with van der Waals surface area (Å²) in [6, 6.07) is 0. The molecule has 9 nitrogen and oxygen atoms in total. The third-order valence-corrected chi connectivity index (χ3v) is 0. The molecule has 0 aliphatic rings. The topological polar surface area (TPSA) is 247 Å². The summed E-state index contributed by atoms with van der Waals surface area (Å²) >= 11 is 0. The first-order chi connectivity index (χ1) is 1.73. The number of hydrogen-bond acceptors (Lipinski definition) is 1. The second kappa shape index (κ2) is 72.2. The Labute approximate surface area is 86.6 Å². The molecule has 0 aromatic rings. The Morgan fingerprint density at radius 1 is 0.818 bits per heavy atom. The van der Waals surface area contributed by atoms with Crippen molar-refractivity contribution < 1.29 is 78.2 Å². The summed E-state index contributed by atoms with van der Waals surface area (Å²) in [7, 11) is -2.87. The molecule has 0 aromatic carbocycles. The quantitative estimate of drug-likeness (QED) is 0.293. The van der Waals surface area contributed by atoms with E-state index in [1.165, 1.54) is 0 Å². The molecule has 0 aromatic heterocycles. The molecule has 0 saturated carbocycles. The number of hydrogen-bond donors (Lipinski definition) is 2. The van der Waals surface area contributed by atoms with Gasteiger partial charge in [0, 0.05) is 4.57 Å². The Kier molecular flexibility index (Phi) is 629. The summed E-state index contributed by atoms with van der Waals surface area (Å²) in [6.45, 7) is 0. The van der Waals surface area contributed by atoms with Gasteiger partial charge in [0.1, 0.15) is 0 Å². The normalized spacial score (nSPS) is 2.36. The minimum absolute atomic E-state index is 0. The average Bonchev–Trinajstić information content (AvgIpc) is 0.811. The van der Waals surface area contributed by atoms with Crippen molar-refractivity contribution in [1.82, 2.24) is 0 Å². The van der Waals surface area contributed by atoms with Crippen molar-refractivity contribution in [2.45, 2.75) is 0 Å². The van der Waals surface area contributed by atoms with E-state index in [1.54, 1.807) is 0 Å². The number of rotatable bonds is 0. The second-order valence-corrected chi connectivity index (χ2v) is 0.758. The second-order valence-electron chi connectivity index (χ2n) is 0.253. The van der Waals surface area contributed by atoms with Crippen LogP contribution < -0.4 is 29.6 Å². The van der Waals surface area contributed by atoms with E-state index < -0.39 is 8.25 Å². The van der Waals surface area contributed by atoms with Crippen LogP contribution in [0, 0.1) is 0 Å². The van der Waals surface area contributed by atoms with Crippen LogP contribution >= 0.6 is 8.25 Å². The molecule has 0 heterocycles. The smallest absolute Gasteiger partial charge is 1.00 e. The summed E-state index contributed by atoms with van der Waals surface area (Å²) in [6.07, 6.45) is 0. The van der Waals surface area contributed by atoms with E-state index in [9.17, 15) is 0 Å². The van der Waals surface area contributed by atoms with Crippen LogP contribution in [0.15, 0.2) is 0 Å². The summed E-state index contributed by atoms with van der Waals surface area (Å²) in [5.41, 5.74) is 0. The van der Waals surface area contributed by atoms with Crippen molar-refractivity contribution in [3.63, 3.8) is 0 Å². The predicted molar refractivity (Wildman–Crippen MR) is 34.8 cm³/mol. The van der Waals surface area contributed by atoms with Gasteiger partial charge in [-0.05, 0) is 0 Å². The molecule has 14 N–H and O–H groups in total. The molecule has 0 aliphatic heterocycles. The van der Waals surface area contributed by atoms with Crippen molar-refractivity contribution in [1.29, 1.82) is 0 Å². The van der Waals surface area contributed by atoms with Crippen LogP contribution in [-0.4, -0.2) is 42.6 Å². The van der Waals surface area contributed by atoms with Crippen LogP contribution in [0.5, 0.6) is 0 Å². The first-order valence-electron chi connectivity index (χ1n) is 0.583. The predicted octanol–water partition coefficient (Wildman–Crippen LogP) is -8.20. The molecule has 11 heteroatoms. The van der Waals surface area contributed by atoms with Crippen molar-refractivity contribution in [2.24, 2.45) is 0 Å². The van der Waals surface area contributed by atoms with Crippen LogP contribution in [-0.2, 0) is 4.57 Å². The van der Waals surface area contributed by atoms with Gasteiger partial charge < -0.3 is 34.3 Å². The van der Waals surface area contributed by atoms with E-state index in [0.29, 0.717) is 0 Å². The Bertz CT molecular complexity index is 37.5. The molecule has 0 saturated heterocycles. The van der Waals surface area contributed by atoms with Crippen LogP contribution in [0.3, 0.4) is 0 Å². The SMILES string of the molecule is O.O.O.O.O.O.O=[P+](O)O.[H-].[Na+]. The van der Waals surface area contributed by atoms with Gasteiger partial charge in [0.15, 0.2) is 0 Å². The van der Waals surface area contributed by atoms with Gasteiger partial charge in [-0.15, -0.1) is 9.79 Å². The van der Waals surface area contributed by atoms with Crippen LogP contribution in [0.4, 0.5) is 0 Å². The zero-order chi connectivity index (χ0) is 3.58. The molecule has 11 heavy (non-hydrogen) atoms. The van der Waals surface area contributed by atoms with Gasteiger partial charge in [-0.25, -0.2) is 0 Å². The zero-order valence-electron chi connectivity index (χ0n) is 6.75. The fourth-order valence-electron chi connectivity index (χ4n) is 0. The van der Waals surface area contributed by atoms with Crippen molar-refractivity contribution in [3.8, 4) is 0 Å². The molecule has 0 atom stereocenters. The van der Waals surface area contributed by atoms with Gasteiger partial charge in [-0.1, -0.05) is 0 Å². The monoisotopic (exact) mass is 213 g/mol. The average molecular weight is 213 g/mol. The summed E-state index contributed by atoms with van der Waals surface area (Å²) in [4.78, 5) is 14.2. The Morgan fingerprint density at radius 2 is 0.818 bits per heavy atom. The van der Waals surface area contributed by atoms with E-state index in [-0.39, 0.29) is 63.8 Å². The van der Waals surface area contributed by atoms with Crippen molar-refractivity contribution >= 4 is 8.25 Å². The zero-order valence-corrected chi connectivity index (χ0v) is 8.64. The van der Waals surface area contributed by atoms with E-state index in [2.05, 4.69) is 0 Å². The van der Waals surface area contributed by atoms with Crippen LogP contribution in [0.1, 0.15) is 1.43 Å². The van der Waals surface area contributed by atoms with E-state index >= 15 is 0 Å². The molecular weight excluding hydrogens is 198 g/mol. The van der Waals surface area contributed by atoms with Crippen LogP contribution in [0.25, 0.3) is 0 Å². The standard InChI is InChI=1S/Na.HO3P.6H2O.H/c;1-4(2)3;;;;;;;/h;(H-,1,2,3);6*1H2;/q+1;;;;;;;;-1/p+1. The Hall–Kier alpha value is 0.780. The van der Waals surface area contributed by atoms with Gasteiger partial charge >= 0.3 is 37.8 Å². The Balaban J connectivity index is -0.00000000161. The minimum atomic E-state index is -2.87. The summed E-state index contributed by atoms with van der Waals surface area (Å²) in [5, 5.41) is 0. The van der Waals surface area contributed by atoms with Crippen LogP contribution in [0.2, 0.25) is 0 Å². The van der Waals surface area contributed by atoms with Gasteiger partial charge in [0.2, 0.25) is 0 Å². The largest absolute Gasteiger partial charge is 1.00 e. The maximum absolute atomic E-state index is 8.70. The van der Waals surface area contributed by atoms with E-state index in [4.69, 9.17) is 14.4 Å². The molecule has 74 valence electrons. The van der Waals surface area contributed by atoms with Gasteiger partial charge in [-0.3, -0.25) is 0 Å². The third kappa shape index (κ3) is 1370. The molecule has 0 bridgehead atoms. The van der Waals surface area contributed by atoms with Crippen molar-refractivity contribution in [3.05, 3.63) is 0 Å². The van der Waals surface area contributed by atoms with Crippen molar-refractivity contribution in [2.75, 3.05) is 0 Å². The first-order valence-corrected chi connectivity index (χ1v) is 1.75. The van der Waals surface area contributed by atoms with Gasteiger partial charge in [0.25, 0.3) is 0 Å². The molecule has 0 aliphatic carbocycles. The fraction of sp³-hybridized carbons (Fsp3) is 0.